The highest BCUT2D eigenvalue weighted by atomic mass is 15.2. The van der Waals surface area contributed by atoms with Crippen molar-refractivity contribution in [3.8, 4) is 0 Å². The second kappa shape index (κ2) is 12.0. The van der Waals surface area contributed by atoms with Crippen molar-refractivity contribution in [2.75, 3.05) is 38.1 Å². The second-order valence-corrected chi connectivity index (χ2v) is 8.37. The van der Waals surface area contributed by atoms with E-state index in [9.17, 15) is 0 Å². The van der Waals surface area contributed by atoms with Crippen molar-refractivity contribution >= 4 is 5.82 Å². The summed E-state index contributed by atoms with van der Waals surface area (Å²) >= 11 is 0. The smallest absolute Gasteiger partial charge is 0.148 e. The summed E-state index contributed by atoms with van der Waals surface area (Å²) in [5, 5.41) is 0. The van der Waals surface area contributed by atoms with Gasteiger partial charge in [-0.25, -0.2) is 9.97 Å². The van der Waals surface area contributed by atoms with Crippen molar-refractivity contribution < 1.29 is 0 Å². The molecule has 156 valence electrons. The number of nitrogens with zero attached hydrogens (tertiary/aromatic N) is 4. The highest BCUT2D eigenvalue weighted by Crippen LogP contribution is 2.18. The molecule has 0 amide bonds. The van der Waals surface area contributed by atoms with Crippen molar-refractivity contribution in [1.29, 1.82) is 0 Å². The van der Waals surface area contributed by atoms with Crippen LogP contribution in [-0.4, -0.2) is 48.1 Å². The van der Waals surface area contributed by atoms with Crippen LogP contribution in [0.4, 0.5) is 5.82 Å². The van der Waals surface area contributed by atoms with Gasteiger partial charge in [-0.15, -0.1) is 0 Å². The van der Waals surface area contributed by atoms with Gasteiger partial charge in [0, 0.05) is 32.4 Å². The lowest BCUT2D eigenvalue weighted by Crippen LogP contribution is -2.31. The van der Waals surface area contributed by atoms with Crippen LogP contribution in [0.15, 0.2) is 35.6 Å². The molecule has 0 spiro atoms. The molecule has 2 heterocycles. The maximum absolute atomic E-state index is 6.43. The van der Waals surface area contributed by atoms with Gasteiger partial charge < -0.3 is 15.5 Å². The van der Waals surface area contributed by atoms with Gasteiger partial charge in [-0.1, -0.05) is 36.1 Å². The van der Waals surface area contributed by atoms with E-state index in [1.165, 1.54) is 36.8 Å². The molecular formula is C23H39N5. The van der Waals surface area contributed by atoms with Gasteiger partial charge in [0.25, 0.3) is 0 Å². The maximum Gasteiger partial charge on any atom is 0.148 e. The van der Waals surface area contributed by atoms with Gasteiger partial charge in [-0.2, -0.15) is 0 Å². The molecule has 1 atom stereocenters. The first-order chi connectivity index (χ1) is 13.5. The Bertz CT molecular complexity index is 640. The largest absolute Gasteiger partial charge is 0.357 e. The molecule has 0 saturated carbocycles. The van der Waals surface area contributed by atoms with Crippen LogP contribution in [-0.2, 0) is 0 Å². The number of allylic oxidation sites excluding steroid dienone is 3. The molecule has 1 unspecified atom stereocenters. The second-order valence-electron chi connectivity index (χ2n) is 8.37. The minimum atomic E-state index is -0.170. The molecule has 0 bridgehead atoms. The molecule has 0 aliphatic carbocycles. The topological polar surface area (TPSA) is 58.3 Å². The summed E-state index contributed by atoms with van der Waals surface area (Å²) in [7, 11) is 2.11. The number of rotatable bonds is 9. The Morgan fingerprint density at radius 2 is 1.89 bits per heavy atom. The van der Waals surface area contributed by atoms with Crippen molar-refractivity contribution in [2.24, 2.45) is 5.73 Å². The molecule has 0 radical (unpaired) electrons. The quantitative estimate of drug-likeness (QED) is 0.635. The molecular weight excluding hydrogens is 346 g/mol. The Balaban J connectivity index is 1.86. The fourth-order valence-electron chi connectivity index (χ4n) is 3.51. The molecule has 1 fully saturated rings. The van der Waals surface area contributed by atoms with Gasteiger partial charge in [0.15, 0.2) is 0 Å². The van der Waals surface area contributed by atoms with E-state index in [0.717, 1.165) is 50.7 Å². The van der Waals surface area contributed by atoms with E-state index in [4.69, 9.17) is 10.7 Å². The van der Waals surface area contributed by atoms with Crippen LogP contribution in [0.25, 0.3) is 0 Å². The lowest BCUT2D eigenvalue weighted by Gasteiger charge is -2.23. The molecule has 5 heteroatoms. The van der Waals surface area contributed by atoms with Crippen LogP contribution in [0.3, 0.4) is 0 Å². The zero-order chi connectivity index (χ0) is 20.4. The fourth-order valence-corrected chi connectivity index (χ4v) is 3.51. The highest BCUT2D eigenvalue weighted by molar-refractivity contribution is 5.37. The molecule has 1 aliphatic heterocycles. The van der Waals surface area contributed by atoms with E-state index in [1.807, 2.05) is 12.3 Å². The summed E-state index contributed by atoms with van der Waals surface area (Å²) in [5.74, 6) is 1.78. The molecule has 2 N–H and O–H groups in total. The lowest BCUT2D eigenvalue weighted by atomic mass is 10.1. The van der Waals surface area contributed by atoms with E-state index in [-0.39, 0.29) is 6.04 Å². The van der Waals surface area contributed by atoms with Crippen molar-refractivity contribution in [1.82, 2.24) is 14.9 Å². The standard InChI is InChI=1S/C23H39N5/c1-19(2)10-9-11-20(3)13-17-27(4)18-21(24)23-25-14-12-22(26-23)28-15-7-5-6-8-16-28/h10,12-14,21H,5-9,11,15-18,24H2,1-4H3/b20-13+. The van der Waals surface area contributed by atoms with Crippen molar-refractivity contribution in [3.05, 3.63) is 41.4 Å². The Hall–Kier alpha value is -1.72. The zero-order valence-electron chi connectivity index (χ0n) is 18.3. The van der Waals surface area contributed by atoms with Crippen molar-refractivity contribution in [2.45, 2.75) is 65.3 Å². The molecule has 28 heavy (non-hydrogen) atoms. The Labute approximate surface area is 171 Å². The number of hydrogen-bond acceptors (Lipinski definition) is 5. The van der Waals surface area contributed by atoms with Crippen molar-refractivity contribution in [3.63, 3.8) is 0 Å². The molecule has 1 aromatic heterocycles. The van der Waals surface area contributed by atoms with Crippen LogP contribution >= 0.6 is 0 Å². The molecule has 0 aromatic carbocycles. The maximum atomic E-state index is 6.43. The zero-order valence-corrected chi connectivity index (χ0v) is 18.3. The van der Waals surface area contributed by atoms with Gasteiger partial charge in [0.05, 0.1) is 6.04 Å². The SMILES string of the molecule is CC(C)=CCC/C(C)=C/CN(C)CC(N)c1nccc(N2CCCCCC2)n1. The number of aromatic nitrogens is 2. The predicted octanol–water partition coefficient (Wildman–Crippen LogP) is 4.48. The molecule has 1 aromatic rings. The molecule has 5 nitrogen and oxygen atoms in total. The van der Waals surface area contributed by atoms with Gasteiger partial charge in [0.1, 0.15) is 11.6 Å². The first-order valence-corrected chi connectivity index (χ1v) is 10.8. The normalized spacial score (nSPS) is 16.8. The number of anilines is 1. The van der Waals surface area contributed by atoms with Crippen LogP contribution in [0.5, 0.6) is 0 Å². The van der Waals surface area contributed by atoms with Gasteiger partial charge in [-0.3, -0.25) is 0 Å². The summed E-state index contributed by atoms with van der Waals surface area (Å²) in [6, 6.07) is 1.85. The first-order valence-electron chi connectivity index (χ1n) is 10.8. The van der Waals surface area contributed by atoms with Crippen LogP contribution in [0.1, 0.15) is 71.2 Å². The summed E-state index contributed by atoms with van der Waals surface area (Å²) in [4.78, 5) is 13.9. The van der Waals surface area contributed by atoms with Crippen LogP contribution in [0, 0.1) is 0 Å². The van der Waals surface area contributed by atoms with Gasteiger partial charge in [0.2, 0.25) is 0 Å². The molecule has 1 saturated heterocycles. The number of likely N-dealkylation sites (N-methyl/N-ethyl adjacent to an activating group) is 1. The third kappa shape index (κ3) is 8.11. The van der Waals surface area contributed by atoms with E-state index < -0.39 is 0 Å². The van der Waals surface area contributed by atoms with E-state index in [0.29, 0.717) is 0 Å². The molecule has 1 aliphatic rings. The monoisotopic (exact) mass is 385 g/mol. The highest BCUT2D eigenvalue weighted by Gasteiger charge is 2.16. The van der Waals surface area contributed by atoms with E-state index in [2.05, 4.69) is 54.8 Å². The Morgan fingerprint density at radius 1 is 1.18 bits per heavy atom. The average molecular weight is 386 g/mol. The average Bonchev–Trinajstić information content (AvgIpc) is 2.95. The first kappa shape index (κ1) is 22.6. The van der Waals surface area contributed by atoms with E-state index >= 15 is 0 Å². The Morgan fingerprint density at radius 3 is 2.57 bits per heavy atom. The third-order valence-electron chi connectivity index (χ3n) is 5.27. The summed E-state index contributed by atoms with van der Waals surface area (Å²) in [6.07, 6.45) is 13.8. The van der Waals surface area contributed by atoms with E-state index in [1.54, 1.807) is 0 Å². The van der Waals surface area contributed by atoms with Gasteiger partial charge >= 0.3 is 0 Å². The molecule has 2 rings (SSSR count). The summed E-state index contributed by atoms with van der Waals surface area (Å²) in [6.45, 7) is 10.3. The number of hydrogen-bond donors (Lipinski definition) is 1. The predicted molar refractivity (Wildman–Crippen MR) is 120 cm³/mol. The van der Waals surface area contributed by atoms with Gasteiger partial charge in [-0.05, 0) is 59.6 Å². The minimum Gasteiger partial charge on any atom is -0.357 e. The lowest BCUT2D eigenvalue weighted by molar-refractivity contribution is 0.337. The third-order valence-corrected chi connectivity index (χ3v) is 5.27. The van der Waals surface area contributed by atoms with Crippen LogP contribution in [0.2, 0.25) is 0 Å². The van der Waals surface area contributed by atoms with Crippen LogP contribution < -0.4 is 10.6 Å². The Kier molecular flexibility index (Phi) is 9.65. The fraction of sp³-hybridized carbons (Fsp3) is 0.652. The summed E-state index contributed by atoms with van der Waals surface area (Å²) in [5.41, 5.74) is 9.25. The number of nitrogens with two attached hydrogens (primary N) is 1. The minimum absolute atomic E-state index is 0.170. The summed E-state index contributed by atoms with van der Waals surface area (Å²) < 4.78 is 0.